The molecule has 0 aliphatic carbocycles. The van der Waals surface area contributed by atoms with Crippen molar-refractivity contribution < 1.29 is 24.1 Å². The third-order valence-corrected chi connectivity index (χ3v) is 3.32. The summed E-state index contributed by atoms with van der Waals surface area (Å²) in [4.78, 5) is 12.1. The van der Waals surface area contributed by atoms with Crippen LogP contribution in [-0.2, 0) is 0 Å². The second kappa shape index (κ2) is 8.58. The molecule has 7 nitrogen and oxygen atoms in total. The van der Waals surface area contributed by atoms with Crippen LogP contribution in [0.15, 0.2) is 41.5 Å². The Hall–Kier alpha value is -3.22. The van der Waals surface area contributed by atoms with Gasteiger partial charge in [-0.1, -0.05) is 0 Å². The quantitative estimate of drug-likeness (QED) is 0.595. The molecule has 0 atom stereocenters. The van der Waals surface area contributed by atoms with Crippen LogP contribution in [0.4, 0.5) is 0 Å². The summed E-state index contributed by atoms with van der Waals surface area (Å²) in [5.41, 5.74) is 3.19. The Kier molecular flexibility index (Phi) is 6.22. The number of carbonyl (C=O) groups excluding carboxylic acids is 1. The molecule has 132 valence electrons. The summed E-state index contributed by atoms with van der Waals surface area (Å²) < 4.78 is 15.7. The lowest BCUT2D eigenvalue weighted by Gasteiger charge is -2.09. The van der Waals surface area contributed by atoms with E-state index in [2.05, 4.69) is 10.5 Å². The Morgan fingerprint density at radius 3 is 2.60 bits per heavy atom. The highest BCUT2D eigenvalue weighted by Crippen LogP contribution is 2.27. The standard InChI is InChI=1S/C18H20N2O5/c1-4-25-17-9-12(5-8-16(17)24-3)11-19-20-18(22)14-7-6-13(23-2)10-15(14)21/h5-11,21H,4H2,1-3H3,(H,20,22)/b19-11-. The third-order valence-electron chi connectivity index (χ3n) is 3.32. The number of amides is 1. The number of hydrogen-bond acceptors (Lipinski definition) is 6. The molecule has 2 aromatic rings. The van der Waals surface area contributed by atoms with E-state index in [1.54, 1.807) is 31.4 Å². The van der Waals surface area contributed by atoms with Crippen molar-refractivity contribution in [2.45, 2.75) is 6.92 Å². The van der Waals surface area contributed by atoms with Gasteiger partial charge in [0.05, 0.1) is 32.6 Å². The monoisotopic (exact) mass is 344 g/mol. The smallest absolute Gasteiger partial charge is 0.275 e. The first-order valence-electron chi connectivity index (χ1n) is 7.60. The van der Waals surface area contributed by atoms with E-state index in [4.69, 9.17) is 14.2 Å². The second-order valence-corrected chi connectivity index (χ2v) is 4.93. The first-order valence-corrected chi connectivity index (χ1v) is 7.60. The van der Waals surface area contributed by atoms with E-state index in [-0.39, 0.29) is 11.3 Å². The van der Waals surface area contributed by atoms with Crippen LogP contribution in [-0.4, -0.2) is 38.1 Å². The molecule has 0 radical (unpaired) electrons. The Morgan fingerprint density at radius 2 is 1.96 bits per heavy atom. The van der Waals surface area contributed by atoms with Gasteiger partial charge in [0.1, 0.15) is 11.5 Å². The fourth-order valence-electron chi connectivity index (χ4n) is 2.10. The molecular weight excluding hydrogens is 324 g/mol. The SMILES string of the molecule is CCOc1cc(/C=N\NC(=O)c2ccc(OC)cc2O)ccc1OC. The van der Waals surface area contributed by atoms with Crippen LogP contribution in [0, 0.1) is 0 Å². The highest BCUT2D eigenvalue weighted by molar-refractivity contribution is 5.97. The van der Waals surface area contributed by atoms with Crippen molar-refractivity contribution >= 4 is 12.1 Å². The van der Waals surface area contributed by atoms with E-state index in [1.165, 1.54) is 25.5 Å². The molecule has 2 N–H and O–H groups in total. The summed E-state index contributed by atoms with van der Waals surface area (Å²) in [7, 11) is 3.04. The predicted octanol–water partition coefficient (Wildman–Crippen LogP) is 2.57. The van der Waals surface area contributed by atoms with Crippen molar-refractivity contribution in [2.75, 3.05) is 20.8 Å². The van der Waals surface area contributed by atoms with Gasteiger partial charge >= 0.3 is 0 Å². The van der Waals surface area contributed by atoms with E-state index >= 15 is 0 Å². The Balaban J connectivity index is 2.07. The molecule has 2 rings (SSSR count). The number of benzene rings is 2. The molecule has 0 fully saturated rings. The van der Waals surface area contributed by atoms with Crippen LogP contribution in [0.25, 0.3) is 0 Å². The molecule has 0 spiro atoms. The van der Waals surface area contributed by atoms with Crippen molar-refractivity contribution in [3.05, 3.63) is 47.5 Å². The summed E-state index contributed by atoms with van der Waals surface area (Å²) in [6, 6.07) is 9.68. The molecule has 25 heavy (non-hydrogen) atoms. The Morgan fingerprint density at radius 1 is 1.16 bits per heavy atom. The van der Waals surface area contributed by atoms with Crippen molar-refractivity contribution in [2.24, 2.45) is 5.10 Å². The molecular formula is C18H20N2O5. The number of nitrogens with zero attached hydrogens (tertiary/aromatic N) is 1. The normalized spacial score (nSPS) is 10.5. The van der Waals surface area contributed by atoms with E-state index in [9.17, 15) is 9.90 Å². The maximum absolute atomic E-state index is 12.1. The summed E-state index contributed by atoms with van der Waals surface area (Å²) in [5.74, 6) is 0.948. The highest BCUT2D eigenvalue weighted by atomic mass is 16.5. The van der Waals surface area contributed by atoms with Gasteiger partial charge in [-0.2, -0.15) is 5.10 Å². The lowest BCUT2D eigenvalue weighted by molar-refractivity contribution is 0.0952. The van der Waals surface area contributed by atoms with Gasteiger partial charge in [0.2, 0.25) is 0 Å². The van der Waals surface area contributed by atoms with Crippen molar-refractivity contribution in [1.82, 2.24) is 5.43 Å². The minimum Gasteiger partial charge on any atom is -0.507 e. The highest BCUT2D eigenvalue weighted by Gasteiger charge is 2.11. The van der Waals surface area contributed by atoms with E-state index < -0.39 is 5.91 Å². The minimum absolute atomic E-state index is 0.0997. The van der Waals surface area contributed by atoms with Crippen LogP contribution >= 0.6 is 0 Å². The average molecular weight is 344 g/mol. The number of aromatic hydroxyl groups is 1. The zero-order valence-corrected chi connectivity index (χ0v) is 14.3. The van der Waals surface area contributed by atoms with Gasteiger partial charge in [-0.15, -0.1) is 0 Å². The molecule has 0 unspecified atom stereocenters. The lowest BCUT2D eigenvalue weighted by Crippen LogP contribution is -2.17. The Bertz CT molecular complexity index is 774. The number of carbonyl (C=O) groups is 1. The largest absolute Gasteiger partial charge is 0.507 e. The molecule has 0 saturated heterocycles. The van der Waals surface area contributed by atoms with Gasteiger partial charge in [-0.3, -0.25) is 4.79 Å². The fraction of sp³-hybridized carbons (Fsp3) is 0.222. The van der Waals surface area contributed by atoms with Gasteiger partial charge < -0.3 is 19.3 Å². The van der Waals surface area contributed by atoms with Gasteiger partial charge in [-0.05, 0) is 42.8 Å². The van der Waals surface area contributed by atoms with Gasteiger partial charge in [-0.25, -0.2) is 5.43 Å². The molecule has 0 bridgehead atoms. The number of phenolic OH excluding ortho intramolecular Hbond substituents is 1. The van der Waals surface area contributed by atoms with E-state index in [0.29, 0.717) is 23.9 Å². The molecule has 2 aromatic carbocycles. The van der Waals surface area contributed by atoms with Crippen molar-refractivity contribution in [3.8, 4) is 23.0 Å². The first kappa shape index (κ1) is 18.1. The number of hydrogen-bond donors (Lipinski definition) is 2. The van der Waals surface area contributed by atoms with E-state index in [0.717, 1.165) is 5.56 Å². The number of hydrazone groups is 1. The zero-order chi connectivity index (χ0) is 18.2. The first-order chi connectivity index (χ1) is 12.1. The van der Waals surface area contributed by atoms with Gasteiger partial charge in [0.25, 0.3) is 5.91 Å². The van der Waals surface area contributed by atoms with Crippen LogP contribution in [0.2, 0.25) is 0 Å². The van der Waals surface area contributed by atoms with Crippen molar-refractivity contribution in [3.63, 3.8) is 0 Å². The molecule has 7 heteroatoms. The molecule has 0 aliphatic heterocycles. The topological polar surface area (TPSA) is 89.4 Å². The second-order valence-electron chi connectivity index (χ2n) is 4.93. The molecule has 0 aromatic heterocycles. The lowest BCUT2D eigenvalue weighted by atomic mass is 10.2. The summed E-state index contributed by atoms with van der Waals surface area (Å²) >= 11 is 0. The van der Waals surface area contributed by atoms with Crippen LogP contribution < -0.4 is 19.6 Å². The number of rotatable bonds is 7. The fourth-order valence-corrected chi connectivity index (χ4v) is 2.10. The summed E-state index contributed by atoms with van der Waals surface area (Å²) in [6.07, 6.45) is 1.47. The minimum atomic E-state index is -0.532. The Labute approximate surface area is 145 Å². The van der Waals surface area contributed by atoms with Crippen molar-refractivity contribution in [1.29, 1.82) is 0 Å². The van der Waals surface area contributed by atoms with Crippen LogP contribution in [0.3, 0.4) is 0 Å². The van der Waals surface area contributed by atoms with Crippen LogP contribution in [0.1, 0.15) is 22.8 Å². The number of ether oxygens (including phenoxy) is 3. The zero-order valence-electron chi connectivity index (χ0n) is 14.3. The maximum Gasteiger partial charge on any atom is 0.275 e. The third kappa shape index (κ3) is 4.63. The van der Waals surface area contributed by atoms with Gasteiger partial charge in [0, 0.05) is 6.07 Å². The van der Waals surface area contributed by atoms with Gasteiger partial charge in [0.15, 0.2) is 11.5 Å². The number of phenols is 1. The number of nitrogens with one attached hydrogen (secondary N) is 1. The summed E-state index contributed by atoms with van der Waals surface area (Å²) in [5, 5.41) is 13.7. The van der Waals surface area contributed by atoms with Crippen LogP contribution in [0.5, 0.6) is 23.0 Å². The predicted molar refractivity (Wildman–Crippen MR) is 93.9 cm³/mol. The molecule has 0 saturated carbocycles. The molecule has 0 heterocycles. The number of methoxy groups -OCH3 is 2. The molecule has 0 aliphatic rings. The summed E-state index contributed by atoms with van der Waals surface area (Å²) in [6.45, 7) is 2.38. The maximum atomic E-state index is 12.1. The van der Waals surface area contributed by atoms with E-state index in [1.807, 2.05) is 6.92 Å². The molecule has 1 amide bonds. The average Bonchev–Trinajstić information content (AvgIpc) is 2.62.